The van der Waals surface area contributed by atoms with Crippen molar-refractivity contribution in [3.63, 3.8) is 0 Å². The van der Waals surface area contributed by atoms with Crippen molar-refractivity contribution in [1.29, 1.82) is 0 Å². The van der Waals surface area contributed by atoms with Crippen LogP contribution in [0.2, 0.25) is 0 Å². The lowest BCUT2D eigenvalue weighted by Gasteiger charge is -2.15. The summed E-state index contributed by atoms with van der Waals surface area (Å²) in [6.07, 6.45) is -3.97. The molecule has 0 aliphatic heterocycles. The zero-order chi connectivity index (χ0) is 21.7. The fourth-order valence-corrected chi connectivity index (χ4v) is 2.55. The van der Waals surface area contributed by atoms with E-state index in [1.807, 2.05) is 0 Å². The van der Waals surface area contributed by atoms with Gasteiger partial charge in [-0.1, -0.05) is 12.1 Å². The Hall–Kier alpha value is -3.69. The normalized spacial score (nSPS) is 11.1. The molecule has 3 aromatic rings. The van der Waals surface area contributed by atoms with Gasteiger partial charge >= 0.3 is 6.18 Å². The molecule has 0 bridgehead atoms. The molecule has 156 valence electrons. The lowest BCUT2D eigenvalue weighted by molar-refractivity contribution is -0.137. The molecule has 0 spiro atoms. The summed E-state index contributed by atoms with van der Waals surface area (Å²) in [5.74, 6) is -1.17. The van der Waals surface area contributed by atoms with Gasteiger partial charge in [0, 0.05) is 31.0 Å². The average molecular weight is 419 g/mol. The summed E-state index contributed by atoms with van der Waals surface area (Å²) in [4.78, 5) is 19.2. The predicted molar refractivity (Wildman–Crippen MR) is 104 cm³/mol. The first-order chi connectivity index (χ1) is 14.3. The summed E-state index contributed by atoms with van der Waals surface area (Å²) in [6, 6.07) is 11.6. The van der Waals surface area contributed by atoms with Gasteiger partial charge in [-0.3, -0.25) is 4.79 Å². The van der Waals surface area contributed by atoms with Crippen molar-refractivity contribution >= 4 is 23.4 Å². The van der Waals surface area contributed by atoms with Gasteiger partial charge in [-0.05, 0) is 42.0 Å². The number of halogens is 4. The molecule has 3 N–H and O–H groups in total. The van der Waals surface area contributed by atoms with E-state index in [-0.39, 0.29) is 18.4 Å². The maximum absolute atomic E-state index is 13.3. The van der Waals surface area contributed by atoms with E-state index in [9.17, 15) is 22.4 Å². The largest absolute Gasteiger partial charge is 0.421 e. The number of aromatic nitrogens is 2. The summed E-state index contributed by atoms with van der Waals surface area (Å²) in [5, 5.41) is 7.92. The molecule has 10 heteroatoms. The Bertz CT molecular complexity index is 1020. The van der Waals surface area contributed by atoms with E-state index in [2.05, 4.69) is 25.9 Å². The number of nitrogens with zero attached hydrogens (tertiary/aromatic N) is 2. The zero-order valence-corrected chi connectivity index (χ0v) is 15.7. The SMILES string of the molecule is CNC(=O)c1ccc(Nc2ncc(C(F)(F)F)c(NCc3ccc(F)cc3)n2)cc1. The highest BCUT2D eigenvalue weighted by Crippen LogP contribution is 2.34. The van der Waals surface area contributed by atoms with Gasteiger partial charge in [0.25, 0.3) is 5.91 Å². The van der Waals surface area contributed by atoms with E-state index >= 15 is 0 Å². The van der Waals surface area contributed by atoms with Crippen LogP contribution in [0.4, 0.5) is 35.0 Å². The quantitative estimate of drug-likeness (QED) is 0.518. The number of rotatable bonds is 6. The van der Waals surface area contributed by atoms with Gasteiger partial charge in [0.05, 0.1) is 0 Å². The second-order valence-electron chi connectivity index (χ2n) is 6.22. The fourth-order valence-electron chi connectivity index (χ4n) is 2.55. The monoisotopic (exact) mass is 419 g/mol. The van der Waals surface area contributed by atoms with Crippen molar-refractivity contribution in [3.05, 3.63) is 77.2 Å². The van der Waals surface area contributed by atoms with Crippen LogP contribution in [0.25, 0.3) is 0 Å². The van der Waals surface area contributed by atoms with Gasteiger partial charge in [-0.25, -0.2) is 9.37 Å². The maximum Gasteiger partial charge on any atom is 0.421 e. The van der Waals surface area contributed by atoms with Gasteiger partial charge < -0.3 is 16.0 Å². The number of anilines is 3. The molecule has 0 unspecified atom stereocenters. The van der Waals surface area contributed by atoms with Crippen molar-refractivity contribution < 1.29 is 22.4 Å². The summed E-state index contributed by atoms with van der Waals surface area (Å²) >= 11 is 0. The van der Waals surface area contributed by atoms with Crippen LogP contribution in [0, 0.1) is 5.82 Å². The van der Waals surface area contributed by atoms with Crippen LogP contribution >= 0.6 is 0 Å². The first kappa shape index (κ1) is 21.0. The van der Waals surface area contributed by atoms with E-state index in [1.54, 1.807) is 24.3 Å². The smallest absolute Gasteiger partial charge is 0.365 e. The Morgan fingerprint density at radius 3 is 2.30 bits per heavy atom. The van der Waals surface area contributed by atoms with E-state index in [0.29, 0.717) is 23.0 Å². The lowest BCUT2D eigenvalue weighted by Crippen LogP contribution is -2.17. The predicted octanol–water partition coefficient (Wildman–Crippen LogP) is 4.35. The molecular formula is C20H17F4N5O. The average Bonchev–Trinajstić information content (AvgIpc) is 2.72. The molecular weight excluding hydrogens is 402 g/mol. The van der Waals surface area contributed by atoms with Crippen molar-refractivity contribution in [2.45, 2.75) is 12.7 Å². The first-order valence-corrected chi connectivity index (χ1v) is 8.78. The molecule has 3 rings (SSSR count). The molecule has 0 radical (unpaired) electrons. The first-order valence-electron chi connectivity index (χ1n) is 8.78. The van der Waals surface area contributed by atoms with Gasteiger partial charge in [-0.2, -0.15) is 18.2 Å². The molecule has 1 heterocycles. The number of benzene rings is 2. The molecule has 1 amide bonds. The number of hydrogen-bond donors (Lipinski definition) is 3. The minimum Gasteiger partial charge on any atom is -0.365 e. The third kappa shape index (κ3) is 5.22. The van der Waals surface area contributed by atoms with E-state index < -0.39 is 23.4 Å². The molecule has 1 aromatic heterocycles. The van der Waals surface area contributed by atoms with Crippen molar-refractivity contribution in [2.24, 2.45) is 0 Å². The summed E-state index contributed by atoms with van der Waals surface area (Å²) in [5.41, 5.74) is 0.484. The molecule has 0 saturated heterocycles. The molecule has 0 aliphatic rings. The maximum atomic E-state index is 13.3. The number of amides is 1. The van der Waals surface area contributed by atoms with E-state index in [4.69, 9.17) is 0 Å². The number of carbonyl (C=O) groups is 1. The number of nitrogens with one attached hydrogen (secondary N) is 3. The standard InChI is InChI=1S/C20H17F4N5O/c1-25-18(30)13-4-8-15(9-5-13)28-19-27-11-16(20(22,23)24)17(29-19)26-10-12-2-6-14(21)7-3-12/h2-9,11H,10H2,1H3,(H,25,30)(H2,26,27,28,29). The molecule has 6 nitrogen and oxygen atoms in total. The fraction of sp³-hybridized carbons (Fsp3) is 0.150. The number of carbonyl (C=O) groups excluding carboxylic acids is 1. The van der Waals surface area contributed by atoms with E-state index in [1.165, 1.54) is 31.3 Å². The van der Waals surface area contributed by atoms with Crippen LogP contribution in [-0.2, 0) is 12.7 Å². The Morgan fingerprint density at radius 1 is 1.03 bits per heavy atom. The highest BCUT2D eigenvalue weighted by atomic mass is 19.4. The van der Waals surface area contributed by atoms with Gasteiger partial charge in [-0.15, -0.1) is 0 Å². The minimum atomic E-state index is -4.65. The van der Waals surface area contributed by atoms with Crippen molar-refractivity contribution in [3.8, 4) is 0 Å². The topological polar surface area (TPSA) is 78.9 Å². The zero-order valence-electron chi connectivity index (χ0n) is 15.7. The molecule has 0 aliphatic carbocycles. The Kier molecular flexibility index (Phi) is 6.14. The summed E-state index contributed by atoms with van der Waals surface area (Å²) < 4.78 is 52.9. The molecule has 0 fully saturated rings. The van der Waals surface area contributed by atoms with Crippen LogP contribution < -0.4 is 16.0 Å². The third-order valence-corrected chi connectivity index (χ3v) is 4.10. The van der Waals surface area contributed by atoms with Crippen molar-refractivity contribution in [1.82, 2.24) is 15.3 Å². The van der Waals surface area contributed by atoms with Crippen LogP contribution in [0.1, 0.15) is 21.5 Å². The molecule has 0 atom stereocenters. The number of alkyl halides is 3. The minimum absolute atomic E-state index is 0.0145. The van der Waals surface area contributed by atoms with Crippen LogP contribution in [0.15, 0.2) is 54.7 Å². The van der Waals surface area contributed by atoms with Gasteiger partial charge in [0.2, 0.25) is 5.95 Å². The van der Waals surface area contributed by atoms with Crippen LogP contribution in [0.3, 0.4) is 0 Å². The summed E-state index contributed by atoms with van der Waals surface area (Å²) in [6.45, 7) is 0.0145. The molecule has 2 aromatic carbocycles. The Labute approximate surface area is 169 Å². The second-order valence-corrected chi connectivity index (χ2v) is 6.22. The Morgan fingerprint density at radius 2 is 1.70 bits per heavy atom. The highest BCUT2D eigenvalue weighted by molar-refractivity contribution is 5.94. The highest BCUT2D eigenvalue weighted by Gasteiger charge is 2.35. The van der Waals surface area contributed by atoms with E-state index in [0.717, 1.165) is 0 Å². The second kappa shape index (κ2) is 8.76. The third-order valence-electron chi connectivity index (χ3n) is 4.10. The van der Waals surface area contributed by atoms with Gasteiger partial charge in [0.15, 0.2) is 0 Å². The molecule has 0 saturated carbocycles. The van der Waals surface area contributed by atoms with Gasteiger partial charge in [0.1, 0.15) is 17.2 Å². The lowest BCUT2D eigenvalue weighted by atomic mass is 10.2. The Balaban J connectivity index is 1.81. The summed E-state index contributed by atoms with van der Waals surface area (Å²) in [7, 11) is 1.50. The van der Waals surface area contributed by atoms with Crippen LogP contribution in [-0.4, -0.2) is 22.9 Å². The number of hydrogen-bond acceptors (Lipinski definition) is 5. The molecule has 30 heavy (non-hydrogen) atoms. The van der Waals surface area contributed by atoms with Crippen LogP contribution in [0.5, 0.6) is 0 Å². The van der Waals surface area contributed by atoms with Crippen molar-refractivity contribution in [2.75, 3.05) is 17.7 Å².